The number of halogens is 1. The summed E-state index contributed by atoms with van der Waals surface area (Å²) >= 11 is 1.46. The number of thioether (sulfide) groups is 1. The predicted molar refractivity (Wildman–Crippen MR) is 133 cm³/mol. The van der Waals surface area contributed by atoms with Gasteiger partial charge in [-0.25, -0.2) is 4.39 Å². The van der Waals surface area contributed by atoms with Gasteiger partial charge >= 0.3 is 0 Å². The molecule has 1 unspecified atom stereocenters. The lowest BCUT2D eigenvalue weighted by molar-refractivity contribution is 0.0458. The van der Waals surface area contributed by atoms with Gasteiger partial charge in [0.15, 0.2) is 0 Å². The average molecular weight is 474 g/mol. The SMILES string of the molecule is C=CS/C=C(\C)CC(N)(CO)COCc1cc(NC)cc(C(=O)NCc2ccc(F)cc2)c1. The molecule has 0 spiro atoms. The molecule has 2 rings (SSSR count). The van der Waals surface area contributed by atoms with Gasteiger partial charge in [-0.05, 0) is 65.6 Å². The maximum Gasteiger partial charge on any atom is 0.251 e. The van der Waals surface area contributed by atoms with E-state index in [4.69, 9.17) is 10.5 Å². The van der Waals surface area contributed by atoms with E-state index in [1.165, 1.54) is 23.9 Å². The number of rotatable bonds is 13. The molecule has 33 heavy (non-hydrogen) atoms. The van der Waals surface area contributed by atoms with Crippen LogP contribution >= 0.6 is 11.8 Å². The molecule has 0 aliphatic rings. The minimum absolute atomic E-state index is 0.156. The maximum absolute atomic E-state index is 13.1. The Morgan fingerprint density at radius 3 is 2.64 bits per heavy atom. The van der Waals surface area contributed by atoms with E-state index in [2.05, 4.69) is 17.2 Å². The molecule has 0 aliphatic carbocycles. The first-order valence-electron chi connectivity index (χ1n) is 10.5. The van der Waals surface area contributed by atoms with Crippen molar-refractivity contribution in [2.45, 2.75) is 32.0 Å². The number of amides is 1. The van der Waals surface area contributed by atoms with Crippen LogP contribution in [0.15, 0.2) is 65.4 Å². The van der Waals surface area contributed by atoms with Gasteiger partial charge in [0.1, 0.15) is 5.82 Å². The minimum atomic E-state index is -0.904. The topological polar surface area (TPSA) is 96.6 Å². The van der Waals surface area contributed by atoms with Crippen LogP contribution in [0, 0.1) is 5.82 Å². The van der Waals surface area contributed by atoms with Crippen LogP contribution in [0.5, 0.6) is 0 Å². The minimum Gasteiger partial charge on any atom is -0.394 e. The van der Waals surface area contributed by atoms with Crippen LogP contribution in [-0.2, 0) is 17.9 Å². The third-order valence-electron chi connectivity index (χ3n) is 4.88. The Kier molecular flexibility index (Phi) is 10.6. The summed E-state index contributed by atoms with van der Waals surface area (Å²) < 4.78 is 18.9. The molecule has 0 bridgehead atoms. The number of aliphatic hydroxyl groups is 1. The van der Waals surface area contributed by atoms with E-state index in [-0.39, 0.29) is 38.1 Å². The molecule has 0 fully saturated rings. The molecule has 0 saturated carbocycles. The number of nitrogens with one attached hydrogen (secondary N) is 2. The Bertz CT molecular complexity index is 966. The van der Waals surface area contributed by atoms with E-state index in [0.29, 0.717) is 12.0 Å². The van der Waals surface area contributed by atoms with Crippen molar-refractivity contribution in [3.8, 4) is 0 Å². The number of anilines is 1. The molecule has 2 aromatic carbocycles. The number of aliphatic hydroxyl groups excluding tert-OH is 1. The van der Waals surface area contributed by atoms with Gasteiger partial charge in [0.2, 0.25) is 0 Å². The lowest BCUT2D eigenvalue weighted by atomic mass is 9.95. The van der Waals surface area contributed by atoms with Crippen LogP contribution in [0.1, 0.15) is 34.8 Å². The number of carbonyl (C=O) groups is 1. The zero-order valence-electron chi connectivity index (χ0n) is 19.1. The highest BCUT2D eigenvalue weighted by molar-refractivity contribution is 8.04. The number of ether oxygens (including phenoxy) is 1. The van der Waals surface area contributed by atoms with Crippen LogP contribution in [0.2, 0.25) is 0 Å². The van der Waals surface area contributed by atoms with Crippen molar-refractivity contribution < 1.29 is 19.0 Å². The van der Waals surface area contributed by atoms with Gasteiger partial charge in [0.25, 0.3) is 5.91 Å². The van der Waals surface area contributed by atoms with Crippen LogP contribution in [0.25, 0.3) is 0 Å². The van der Waals surface area contributed by atoms with Crippen molar-refractivity contribution in [3.63, 3.8) is 0 Å². The molecular formula is C25H32FN3O3S. The Balaban J connectivity index is 2.00. The number of carbonyl (C=O) groups excluding carboxylic acids is 1. The van der Waals surface area contributed by atoms with Gasteiger partial charge in [-0.1, -0.05) is 24.3 Å². The highest BCUT2D eigenvalue weighted by Gasteiger charge is 2.25. The van der Waals surface area contributed by atoms with Gasteiger partial charge in [-0.3, -0.25) is 4.79 Å². The molecular weight excluding hydrogens is 441 g/mol. The Morgan fingerprint density at radius 2 is 2.00 bits per heavy atom. The smallest absolute Gasteiger partial charge is 0.251 e. The van der Waals surface area contributed by atoms with Gasteiger partial charge in [0, 0.05) is 24.8 Å². The first-order valence-corrected chi connectivity index (χ1v) is 11.5. The summed E-state index contributed by atoms with van der Waals surface area (Å²) in [5.74, 6) is -0.567. The van der Waals surface area contributed by atoms with Crippen molar-refractivity contribution in [1.29, 1.82) is 0 Å². The number of hydrogen-bond acceptors (Lipinski definition) is 6. The van der Waals surface area contributed by atoms with E-state index in [0.717, 1.165) is 22.4 Å². The largest absolute Gasteiger partial charge is 0.394 e. The highest BCUT2D eigenvalue weighted by Crippen LogP contribution is 2.20. The first kappa shape index (κ1) is 26.6. The molecule has 0 saturated heterocycles. The fourth-order valence-electron chi connectivity index (χ4n) is 3.22. The van der Waals surface area contributed by atoms with Gasteiger partial charge < -0.3 is 26.2 Å². The summed E-state index contributed by atoms with van der Waals surface area (Å²) in [6, 6.07) is 11.4. The second kappa shape index (κ2) is 13.2. The Morgan fingerprint density at radius 1 is 1.27 bits per heavy atom. The van der Waals surface area contributed by atoms with Crippen molar-refractivity contribution in [1.82, 2.24) is 5.32 Å². The van der Waals surface area contributed by atoms with Gasteiger partial charge in [-0.15, -0.1) is 11.8 Å². The summed E-state index contributed by atoms with van der Waals surface area (Å²) in [6.45, 7) is 6.07. The van der Waals surface area contributed by atoms with E-state index < -0.39 is 5.54 Å². The van der Waals surface area contributed by atoms with E-state index >= 15 is 0 Å². The highest BCUT2D eigenvalue weighted by atomic mass is 32.2. The summed E-state index contributed by atoms with van der Waals surface area (Å²) in [4.78, 5) is 12.7. The number of nitrogens with two attached hydrogens (primary N) is 1. The van der Waals surface area contributed by atoms with Crippen LogP contribution < -0.4 is 16.4 Å². The fourth-order valence-corrected chi connectivity index (χ4v) is 3.64. The molecule has 178 valence electrons. The van der Waals surface area contributed by atoms with E-state index in [9.17, 15) is 14.3 Å². The summed E-state index contributed by atoms with van der Waals surface area (Å²) in [6.07, 6.45) is 0.484. The summed E-state index contributed by atoms with van der Waals surface area (Å²) in [5, 5.41) is 19.3. The standard InChI is InChI=1S/C25H32FN3O3S/c1-4-33-15-18(2)12-25(27,16-30)17-32-14-20-9-21(11-23(10-20)28-3)24(31)29-13-19-5-7-22(26)8-6-19/h4-11,15,28,30H,1,12-14,16-17,27H2,2-3H3,(H,29,31)/b18-15+. The zero-order chi connectivity index (χ0) is 24.3. The second-order valence-electron chi connectivity index (χ2n) is 7.93. The molecule has 0 radical (unpaired) electrons. The van der Waals surface area contributed by atoms with E-state index in [1.807, 2.05) is 18.4 Å². The van der Waals surface area contributed by atoms with E-state index in [1.54, 1.807) is 36.7 Å². The molecule has 6 nitrogen and oxygen atoms in total. The van der Waals surface area contributed by atoms with Crippen molar-refractivity contribution in [2.24, 2.45) is 5.73 Å². The normalized spacial score (nSPS) is 13.3. The number of hydrogen-bond donors (Lipinski definition) is 4. The van der Waals surface area contributed by atoms with Crippen molar-refractivity contribution in [3.05, 3.63) is 87.9 Å². The first-order chi connectivity index (χ1) is 15.8. The van der Waals surface area contributed by atoms with Gasteiger partial charge in [0.05, 0.1) is 25.4 Å². The summed E-state index contributed by atoms with van der Waals surface area (Å²) in [7, 11) is 1.77. The average Bonchev–Trinajstić information content (AvgIpc) is 2.81. The Labute approximate surface area is 199 Å². The van der Waals surface area contributed by atoms with Gasteiger partial charge in [-0.2, -0.15) is 0 Å². The van der Waals surface area contributed by atoms with Crippen molar-refractivity contribution >= 4 is 23.4 Å². The molecule has 1 amide bonds. The number of benzene rings is 2. The molecule has 0 aromatic heterocycles. The third-order valence-corrected chi connectivity index (χ3v) is 5.61. The monoisotopic (exact) mass is 473 g/mol. The lowest BCUT2D eigenvalue weighted by Gasteiger charge is -2.27. The molecule has 5 N–H and O–H groups in total. The Hall–Kier alpha value is -2.65. The summed E-state index contributed by atoms with van der Waals surface area (Å²) in [5.41, 5.74) is 9.28. The third kappa shape index (κ3) is 9.01. The molecule has 8 heteroatoms. The molecule has 2 aromatic rings. The molecule has 1 atom stereocenters. The second-order valence-corrected chi connectivity index (χ2v) is 8.78. The maximum atomic E-state index is 13.1. The molecule has 0 heterocycles. The van der Waals surface area contributed by atoms with Crippen molar-refractivity contribution in [2.75, 3.05) is 25.6 Å². The predicted octanol–water partition coefficient (Wildman–Crippen LogP) is 4.17. The van der Waals surface area contributed by atoms with Crippen LogP contribution in [-0.4, -0.2) is 36.8 Å². The quantitative estimate of drug-likeness (QED) is 0.349. The van der Waals surface area contributed by atoms with Crippen LogP contribution in [0.4, 0.5) is 10.1 Å². The lowest BCUT2D eigenvalue weighted by Crippen LogP contribution is -2.48. The van der Waals surface area contributed by atoms with Crippen LogP contribution in [0.3, 0.4) is 0 Å². The fraction of sp³-hybridized carbons (Fsp3) is 0.320. The molecule has 0 aliphatic heterocycles. The zero-order valence-corrected chi connectivity index (χ0v) is 19.9.